The third-order valence-corrected chi connectivity index (χ3v) is 6.90. The van der Waals surface area contributed by atoms with E-state index in [1.807, 2.05) is 6.08 Å². The van der Waals surface area contributed by atoms with E-state index >= 15 is 0 Å². The minimum absolute atomic E-state index is 0.0273. The number of methoxy groups -OCH3 is 3. The van der Waals surface area contributed by atoms with E-state index in [9.17, 15) is 4.79 Å². The van der Waals surface area contributed by atoms with Gasteiger partial charge in [0.15, 0.2) is 17.3 Å². The van der Waals surface area contributed by atoms with Crippen LogP contribution in [0.15, 0.2) is 35.6 Å². The van der Waals surface area contributed by atoms with Gasteiger partial charge in [-0.2, -0.15) is 0 Å². The van der Waals surface area contributed by atoms with Crippen LogP contribution in [0, 0.1) is 5.92 Å². The van der Waals surface area contributed by atoms with Gasteiger partial charge in [-0.25, -0.2) is 0 Å². The number of allylic oxidation sites excluding steroid dienone is 2. The Morgan fingerprint density at radius 1 is 1.11 bits per heavy atom. The summed E-state index contributed by atoms with van der Waals surface area (Å²) in [5.74, 6) is 2.74. The lowest BCUT2D eigenvalue weighted by atomic mass is 9.59. The maximum Gasteiger partial charge on any atom is 0.220 e. The lowest BCUT2D eigenvalue weighted by Crippen LogP contribution is -2.55. The predicted molar refractivity (Wildman–Crippen MR) is 106 cm³/mol. The summed E-state index contributed by atoms with van der Waals surface area (Å²) in [6.45, 7) is 1.99. The van der Waals surface area contributed by atoms with Crippen LogP contribution in [-0.2, 0) is 21.4 Å². The predicted octanol–water partition coefficient (Wildman–Crippen LogP) is 3.02. The summed E-state index contributed by atoms with van der Waals surface area (Å²) in [6.07, 6.45) is 8.54. The summed E-state index contributed by atoms with van der Waals surface area (Å²) in [5.41, 5.74) is 3.39. The van der Waals surface area contributed by atoms with E-state index < -0.39 is 0 Å². The highest BCUT2D eigenvalue weighted by molar-refractivity contribution is 6.05. The van der Waals surface area contributed by atoms with Crippen LogP contribution in [0.5, 0.6) is 11.5 Å². The van der Waals surface area contributed by atoms with Crippen molar-refractivity contribution < 1.29 is 19.0 Å². The molecule has 1 spiro atoms. The third kappa shape index (κ3) is 2.60. The fraction of sp³-hybridized carbons (Fsp3) is 0.522. The number of ketones is 1. The van der Waals surface area contributed by atoms with E-state index in [2.05, 4.69) is 23.1 Å². The quantitative estimate of drug-likeness (QED) is 0.785. The summed E-state index contributed by atoms with van der Waals surface area (Å²) < 4.78 is 16.6. The van der Waals surface area contributed by atoms with Gasteiger partial charge in [0.1, 0.15) is 0 Å². The van der Waals surface area contributed by atoms with Crippen molar-refractivity contribution in [2.45, 2.75) is 37.1 Å². The summed E-state index contributed by atoms with van der Waals surface area (Å²) >= 11 is 0. The van der Waals surface area contributed by atoms with Crippen molar-refractivity contribution in [2.24, 2.45) is 5.92 Å². The Balaban J connectivity index is 1.68. The number of fused-ring (bicyclic) bond motifs is 2. The molecule has 1 saturated carbocycles. The number of carbonyl (C=O) groups is 1. The van der Waals surface area contributed by atoms with E-state index in [1.54, 1.807) is 21.3 Å². The maximum atomic E-state index is 12.6. The zero-order valence-corrected chi connectivity index (χ0v) is 16.8. The standard InChI is InChI=1S/C23H27NO4/c1-26-20-7-15-6-17-10-23(18(15)9-21(20)27-2)11-22(28-3)19(25)8-16(23)13-24(17)12-14-4-5-14/h7-9,11,14,17H,4-6,10,12-13H2,1-3H3. The van der Waals surface area contributed by atoms with Gasteiger partial charge in [0.2, 0.25) is 5.78 Å². The molecule has 1 saturated heterocycles. The van der Waals surface area contributed by atoms with Gasteiger partial charge in [-0.1, -0.05) is 0 Å². The second kappa shape index (κ2) is 6.38. The number of ether oxygens (including phenoxy) is 3. The first-order valence-electron chi connectivity index (χ1n) is 10.1. The summed E-state index contributed by atoms with van der Waals surface area (Å²) in [6, 6.07) is 4.69. The Kier molecular flexibility index (Phi) is 4.05. The minimum Gasteiger partial charge on any atom is -0.493 e. The topological polar surface area (TPSA) is 48.0 Å². The molecule has 1 aromatic rings. The van der Waals surface area contributed by atoms with Gasteiger partial charge < -0.3 is 14.2 Å². The number of piperidine rings is 1. The first kappa shape index (κ1) is 17.8. The molecule has 0 amide bonds. The van der Waals surface area contributed by atoms with E-state index in [-0.39, 0.29) is 11.2 Å². The van der Waals surface area contributed by atoms with Crippen LogP contribution in [-0.4, -0.2) is 51.1 Å². The van der Waals surface area contributed by atoms with E-state index in [4.69, 9.17) is 14.2 Å². The molecular weight excluding hydrogens is 354 g/mol. The second-order valence-corrected chi connectivity index (χ2v) is 8.52. The minimum atomic E-state index is -0.295. The van der Waals surface area contributed by atoms with Crippen molar-refractivity contribution in [1.82, 2.24) is 4.90 Å². The highest BCUT2D eigenvalue weighted by Crippen LogP contribution is 2.53. The van der Waals surface area contributed by atoms with Crippen LogP contribution in [0.1, 0.15) is 30.4 Å². The Labute approximate surface area is 165 Å². The fourth-order valence-electron chi connectivity index (χ4n) is 5.30. The number of carbonyl (C=O) groups excluding carboxylic acids is 1. The van der Waals surface area contributed by atoms with Crippen LogP contribution in [0.2, 0.25) is 0 Å². The van der Waals surface area contributed by atoms with Crippen LogP contribution >= 0.6 is 0 Å². The molecule has 2 atom stereocenters. The smallest absolute Gasteiger partial charge is 0.220 e. The molecule has 5 rings (SSSR count). The van der Waals surface area contributed by atoms with Crippen molar-refractivity contribution >= 4 is 5.78 Å². The fourth-order valence-corrected chi connectivity index (χ4v) is 5.30. The van der Waals surface area contributed by atoms with E-state index in [1.165, 1.54) is 29.5 Å². The zero-order valence-electron chi connectivity index (χ0n) is 16.8. The molecule has 2 bridgehead atoms. The molecular formula is C23H27NO4. The van der Waals surface area contributed by atoms with Crippen molar-refractivity contribution in [3.05, 3.63) is 46.7 Å². The lowest BCUT2D eigenvalue weighted by molar-refractivity contribution is -0.114. The number of hydrogen-bond donors (Lipinski definition) is 0. The molecule has 0 N–H and O–H groups in total. The summed E-state index contributed by atoms with van der Waals surface area (Å²) in [4.78, 5) is 15.2. The molecule has 1 aliphatic heterocycles. The lowest BCUT2D eigenvalue weighted by Gasteiger charge is -2.52. The Morgan fingerprint density at radius 2 is 1.86 bits per heavy atom. The maximum absolute atomic E-state index is 12.6. The Morgan fingerprint density at radius 3 is 2.54 bits per heavy atom. The molecule has 2 fully saturated rings. The molecule has 28 heavy (non-hydrogen) atoms. The van der Waals surface area contributed by atoms with E-state index in [0.717, 1.165) is 43.3 Å². The molecule has 5 nitrogen and oxygen atoms in total. The van der Waals surface area contributed by atoms with Gasteiger partial charge >= 0.3 is 0 Å². The number of likely N-dealkylation sites (tertiary alicyclic amines) is 1. The summed E-state index contributed by atoms with van der Waals surface area (Å²) in [7, 11) is 4.93. The molecule has 1 heterocycles. The van der Waals surface area contributed by atoms with Gasteiger partial charge in [0.25, 0.3) is 0 Å². The van der Waals surface area contributed by atoms with E-state index in [0.29, 0.717) is 11.8 Å². The van der Waals surface area contributed by atoms with Crippen molar-refractivity contribution in [3.63, 3.8) is 0 Å². The van der Waals surface area contributed by atoms with Gasteiger partial charge in [0.05, 0.1) is 21.3 Å². The van der Waals surface area contributed by atoms with Gasteiger partial charge in [-0.15, -0.1) is 0 Å². The van der Waals surface area contributed by atoms with Gasteiger partial charge in [0, 0.05) is 24.5 Å². The second-order valence-electron chi connectivity index (χ2n) is 8.52. The van der Waals surface area contributed by atoms with Gasteiger partial charge in [-0.05, 0) is 72.6 Å². The van der Waals surface area contributed by atoms with Crippen LogP contribution < -0.4 is 9.47 Å². The summed E-state index contributed by atoms with van der Waals surface area (Å²) in [5, 5.41) is 0. The zero-order chi connectivity index (χ0) is 19.5. The monoisotopic (exact) mass is 381 g/mol. The highest BCUT2D eigenvalue weighted by atomic mass is 16.5. The molecule has 2 unspecified atom stereocenters. The largest absolute Gasteiger partial charge is 0.493 e. The molecule has 5 heteroatoms. The highest BCUT2D eigenvalue weighted by Gasteiger charge is 2.51. The van der Waals surface area contributed by atoms with Crippen LogP contribution in [0.3, 0.4) is 0 Å². The number of nitrogens with zero attached hydrogens (tertiary/aromatic N) is 1. The average Bonchev–Trinajstić information content (AvgIpc) is 3.52. The Hall–Kier alpha value is -2.27. The molecule has 1 aromatic carbocycles. The normalized spacial score (nSPS) is 28.7. The van der Waals surface area contributed by atoms with Crippen LogP contribution in [0.4, 0.5) is 0 Å². The average molecular weight is 381 g/mol. The SMILES string of the molecule is COC1=CC23CC(Cc4cc(OC)c(OC)cc42)N(CC2CC2)CC3=CC1=O. The first-order chi connectivity index (χ1) is 13.6. The van der Waals surface area contributed by atoms with Gasteiger partial charge in [-0.3, -0.25) is 9.69 Å². The van der Waals surface area contributed by atoms with Crippen molar-refractivity contribution in [1.29, 1.82) is 0 Å². The number of hydrogen-bond acceptors (Lipinski definition) is 5. The molecule has 3 aliphatic carbocycles. The molecule has 148 valence electrons. The van der Waals surface area contributed by atoms with Crippen molar-refractivity contribution in [3.8, 4) is 11.5 Å². The van der Waals surface area contributed by atoms with Crippen molar-refractivity contribution in [2.75, 3.05) is 34.4 Å². The number of rotatable bonds is 5. The molecule has 4 aliphatic rings. The molecule has 0 aromatic heterocycles. The third-order valence-electron chi connectivity index (χ3n) is 6.90. The number of benzene rings is 1. The van der Waals surface area contributed by atoms with Crippen LogP contribution in [0.25, 0.3) is 0 Å². The molecule has 0 radical (unpaired) electrons. The Bertz CT molecular complexity index is 898. The first-order valence-corrected chi connectivity index (χ1v) is 10.1.